The number of nitrogens with one attached hydrogen (secondary N) is 3. The zero-order valence-corrected chi connectivity index (χ0v) is 18.0. The third kappa shape index (κ3) is 8.57. The number of benzene rings is 2. The van der Waals surface area contributed by atoms with Crippen molar-refractivity contribution < 1.29 is 19.1 Å². The second kappa shape index (κ2) is 12.5. The predicted molar refractivity (Wildman–Crippen MR) is 119 cm³/mol. The number of carbonyl (C=O) groups is 3. The molecule has 2 rings (SSSR count). The maximum Gasteiger partial charge on any atom is 0.340 e. The van der Waals surface area contributed by atoms with E-state index in [4.69, 9.17) is 4.74 Å². The molecule has 2 aromatic rings. The number of hydrogen-bond donors (Lipinski definition) is 3. The van der Waals surface area contributed by atoms with Gasteiger partial charge >= 0.3 is 12.0 Å². The van der Waals surface area contributed by atoms with Gasteiger partial charge in [-0.05, 0) is 50.3 Å². The van der Waals surface area contributed by atoms with Gasteiger partial charge in [0, 0.05) is 17.5 Å². The molecule has 8 heteroatoms. The monoisotopic (exact) mass is 429 g/mol. The lowest BCUT2D eigenvalue weighted by Gasteiger charge is -2.13. The number of esters is 1. The van der Waals surface area contributed by atoms with Crippen LogP contribution in [0, 0.1) is 0 Å². The fourth-order valence-corrected chi connectivity index (χ4v) is 3.33. The van der Waals surface area contributed by atoms with Crippen LogP contribution < -0.4 is 16.0 Å². The van der Waals surface area contributed by atoms with Crippen LogP contribution in [0.2, 0.25) is 0 Å². The standard InChI is InChI=1S/C22H27N3O4S/c1-16(2)24-22(28)25-19-12-7-6-11-18(19)21(27)29-15-20(26)23-13-8-14-30-17-9-4-3-5-10-17/h3-7,9-12,16H,8,13-15H2,1-2H3,(H,23,26)(H2,24,25,28). The number of hydrogen-bond acceptors (Lipinski definition) is 5. The number of urea groups is 1. The Morgan fingerprint density at radius 2 is 1.70 bits per heavy atom. The fourth-order valence-electron chi connectivity index (χ4n) is 2.46. The molecule has 30 heavy (non-hydrogen) atoms. The highest BCUT2D eigenvalue weighted by molar-refractivity contribution is 7.99. The minimum Gasteiger partial charge on any atom is -0.452 e. The first-order valence-corrected chi connectivity index (χ1v) is 10.7. The summed E-state index contributed by atoms with van der Waals surface area (Å²) in [5, 5.41) is 8.04. The van der Waals surface area contributed by atoms with Crippen LogP contribution in [0.3, 0.4) is 0 Å². The third-order valence-electron chi connectivity index (χ3n) is 3.80. The summed E-state index contributed by atoms with van der Waals surface area (Å²) in [7, 11) is 0. The molecule has 7 nitrogen and oxygen atoms in total. The van der Waals surface area contributed by atoms with Crippen molar-refractivity contribution in [3.8, 4) is 0 Å². The molecule has 160 valence electrons. The summed E-state index contributed by atoms with van der Waals surface area (Å²) in [6.07, 6.45) is 0.803. The minimum atomic E-state index is -0.676. The maximum absolute atomic E-state index is 12.3. The summed E-state index contributed by atoms with van der Waals surface area (Å²) in [6, 6.07) is 16.1. The van der Waals surface area contributed by atoms with Crippen LogP contribution in [0.4, 0.5) is 10.5 Å². The first-order chi connectivity index (χ1) is 14.5. The molecule has 0 heterocycles. The number of para-hydroxylation sites is 1. The first kappa shape index (κ1) is 23.3. The van der Waals surface area contributed by atoms with Crippen molar-refractivity contribution in [3.63, 3.8) is 0 Å². The quantitative estimate of drug-likeness (QED) is 0.304. The number of carbonyl (C=O) groups excluding carboxylic acids is 3. The van der Waals surface area contributed by atoms with Crippen molar-refractivity contribution in [2.75, 3.05) is 24.2 Å². The maximum atomic E-state index is 12.3. The lowest BCUT2D eigenvalue weighted by atomic mass is 10.2. The lowest BCUT2D eigenvalue weighted by molar-refractivity contribution is -0.124. The van der Waals surface area contributed by atoms with Gasteiger partial charge in [0.05, 0.1) is 11.3 Å². The zero-order chi connectivity index (χ0) is 21.8. The molecular formula is C22H27N3O4S. The summed E-state index contributed by atoms with van der Waals surface area (Å²) < 4.78 is 5.09. The Kier molecular flexibility index (Phi) is 9.73. The summed E-state index contributed by atoms with van der Waals surface area (Å²) in [5.41, 5.74) is 0.502. The molecule has 3 N–H and O–H groups in total. The van der Waals surface area contributed by atoms with Gasteiger partial charge in [0.25, 0.3) is 5.91 Å². The van der Waals surface area contributed by atoms with E-state index in [0.29, 0.717) is 12.2 Å². The van der Waals surface area contributed by atoms with Crippen molar-refractivity contribution in [1.29, 1.82) is 0 Å². The molecule has 0 fully saturated rings. The van der Waals surface area contributed by atoms with E-state index in [1.54, 1.807) is 30.0 Å². The van der Waals surface area contributed by atoms with Crippen LogP contribution in [-0.4, -0.2) is 42.9 Å². The second-order valence-electron chi connectivity index (χ2n) is 6.74. The molecule has 3 amide bonds. The first-order valence-electron chi connectivity index (χ1n) is 9.74. The van der Waals surface area contributed by atoms with E-state index in [0.717, 1.165) is 12.2 Å². The molecule has 0 radical (unpaired) electrons. The summed E-state index contributed by atoms with van der Waals surface area (Å²) in [5.74, 6) is -0.164. The van der Waals surface area contributed by atoms with Crippen LogP contribution in [0.15, 0.2) is 59.5 Å². The highest BCUT2D eigenvalue weighted by Gasteiger charge is 2.16. The molecule has 0 aliphatic carbocycles. The molecule has 0 bridgehead atoms. The molecule has 0 saturated heterocycles. The van der Waals surface area contributed by atoms with Crippen molar-refractivity contribution in [2.45, 2.75) is 31.2 Å². The fraction of sp³-hybridized carbons (Fsp3) is 0.318. The second-order valence-corrected chi connectivity index (χ2v) is 7.91. The van der Waals surface area contributed by atoms with Gasteiger partial charge in [0.1, 0.15) is 0 Å². The SMILES string of the molecule is CC(C)NC(=O)Nc1ccccc1C(=O)OCC(=O)NCCCSc1ccccc1. The van der Waals surface area contributed by atoms with E-state index >= 15 is 0 Å². The van der Waals surface area contributed by atoms with Gasteiger partial charge in [-0.15, -0.1) is 11.8 Å². The van der Waals surface area contributed by atoms with Crippen LogP contribution in [0.25, 0.3) is 0 Å². The number of thioether (sulfide) groups is 1. The Morgan fingerprint density at radius 3 is 2.43 bits per heavy atom. The Morgan fingerprint density at radius 1 is 1.00 bits per heavy atom. The van der Waals surface area contributed by atoms with Gasteiger partial charge in [0.15, 0.2) is 6.61 Å². The highest BCUT2D eigenvalue weighted by Crippen LogP contribution is 2.17. The molecule has 0 saturated carbocycles. The Balaban J connectivity index is 1.72. The van der Waals surface area contributed by atoms with Crippen LogP contribution in [0.1, 0.15) is 30.6 Å². The van der Waals surface area contributed by atoms with Gasteiger partial charge in [-0.1, -0.05) is 30.3 Å². The van der Waals surface area contributed by atoms with Crippen LogP contribution >= 0.6 is 11.8 Å². The predicted octanol–water partition coefficient (Wildman–Crippen LogP) is 3.67. The van der Waals surface area contributed by atoms with Crippen molar-refractivity contribution in [3.05, 3.63) is 60.2 Å². The number of amides is 3. The molecule has 0 spiro atoms. The Labute approximate surface area is 181 Å². The van der Waals surface area contributed by atoms with Gasteiger partial charge in [-0.25, -0.2) is 9.59 Å². The van der Waals surface area contributed by atoms with E-state index in [2.05, 4.69) is 16.0 Å². The van der Waals surface area contributed by atoms with Gasteiger partial charge < -0.3 is 20.7 Å². The number of anilines is 1. The average Bonchev–Trinajstić information content (AvgIpc) is 2.72. The summed E-state index contributed by atoms with van der Waals surface area (Å²) in [6.45, 7) is 3.79. The molecule has 0 aliphatic rings. The summed E-state index contributed by atoms with van der Waals surface area (Å²) >= 11 is 1.72. The lowest BCUT2D eigenvalue weighted by Crippen LogP contribution is -2.34. The molecule has 0 aromatic heterocycles. The van der Waals surface area contributed by atoms with Crippen LogP contribution in [0.5, 0.6) is 0 Å². The molecule has 2 aromatic carbocycles. The average molecular weight is 430 g/mol. The smallest absolute Gasteiger partial charge is 0.340 e. The van der Waals surface area contributed by atoms with Crippen molar-refractivity contribution in [1.82, 2.24) is 10.6 Å². The largest absolute Gasteiger partial charge is 0.452 e. The molecular weight excluding hydrogens is 402 g/mol. The number of rotatable bonds is 10. The third-order valence-corrected chi connectivity index (χ3v) is 4.90. The van der Waals surface area contributed by atoms with E-state index in [-0.39, 0.29) is 24.1 Å². The van der Waals surface area contributed by atoms with Gasteiger partial charge in [-0.3, -0.25) is 4.79 Å². The normalized spacial score (nSPS) is 10.4. The van der Waals surface area contributed by atoms with E-state index < -0.39 is 12.0 Å². The van der Waals surface area contributed by atoms with E-state index in [1.807, 2.05) is 44.2 Å². The molecule has 0 unspecified atom stereocenters. The Hall–Kier alpha value is -3.00. The van der Waals surface area contributed by atoms with E-state index in [9.17, 15) is 14.4 Å². The van der Waals surface area contributed by atoms with Crippen molar-refractivity contribution in [2.24, 2.45) is 0 Å². The Bertz CT molecular complexity index is 843. The highest BCUT2D eigenvalue weighted by atomic mass is 32.2. The topological polar surface area (TPSA) is 96.5 Å². The van der Waals surface area contributed by atoms with Gasteiger partial charge in [-0.2, -0.15) is 0 Å². The van der Waals surface area contributed by atoms with Crippen molar-refractivity contribution >= 4 is 35.4 Å². The zero-order valence-electron chi connectivity index (χ0n) is 17.1. The minimum absolute atomic E-state index is 0.0427. The van der Waals surface area contributed by atoms with E-state index in [1.165, 1.54) is 11.0 Å². The van der Waals surface area contributed by atoms with Gasteiger partial charge in [0.2, 0.25) is 0 Å². The van der Waals surface area contributed by atoms with Crippen LogP contribution in [-0.2, 0) is 9.53 Å². The summed E-state index contributed by atoms with van der Waals surface area (Å²) in [4.78, 5) is 37.3. The molecule has 0 atom stereocenters. The molecule has 0 aliphatic heterocycles. The number of ether oxygens (including phenoxy) is 1.